The zero-order valence-electron chi connectivity index (χ0n) is 14.6. The molecule has 1 aromatic heterocycles. The quantitative estimate of drug-likeness (QED) is 0.707. The molecule has 6 heteroatoms. The summed E-state index contributed by atoms with van der Waals surface area (Å²) in [6.07, 6.45) is 1.60. The molecule has 1 aliphatic rings. The van der Waals surface area contributed by atoms with E-state index in [9.17, 15) is 8.42 Å². The SMILES string of the molecule is Cc1ccc2[nH]c(C3CCN(S(=O)(=O)c4ccccc4Cl)CC3)cc2c1. The number of hydrogen-bond donors (Lipinski definition) is 1. The van der Waals surface area contributed by atoms with Crippen molar-refractivity contribution in [3.05, 3.63) is 64.8 Å². The summed E-state index contributed by atoms with van der Waals surface area (Å²) in [6.45, 7) is 3.10. The molecule has 4 rings (SSSR count). The van der Waals surface area contributed by atoms with Crippen LogP contribution < -0.4 is 0 Å². The predicted octanol–water partition coefficient (Wildman–Crippen LogP) is 4.70. The molecule has 0 amide bonds. The molecule has 0 spiro atoms. The third kappa shape index (κ3) is 3.15. The highest BCUT2D eigenvalue weighted by Gasteiger charge is 2.31. The highest BCUT2D eigenvalue weighted by Crippen LogP contribution is 2.33. The molecule has 0 radical (unpaired) electrons. The van der Waals surface area contributed by atoms with Crippen molar-refractivity contribution in [2.24, 2.45) is 0 Å². The minimum Gasteiger partial charge on any atom is -0.358 e. The average Bonchev–Trinajstić information content (AvgIpc) is 3.05. The third-order valence-corrected chi connectivity index (χ3v) is 7.54. The van der Waals surface area contributed by atoms with Crippen molar-refractivity contribution in [3.8, 4) is 0 Å². The number of rotatable bonds is 3. The Bertz CT molecular complexity index is 1050. The standard InChI is InChI=1S/C20H21ClN2O2S/c1-14-6-7-18-16(12-14)13-19(22-18)15-8-10-23(11-9-15)26(24,25)20-5-3-2-4-17(20)21/h2-7,12-13,15,22H,8-11H2,1H3. The second-order valence-corrected chi connectivity index (χ2v) is 9.24. The number of halogens is 1. The summed E-state index contributed by atoms with van der Waals surface area (Å²) in [4.78, 5) is 3.69. The van der Waals surface area contributed by atoms with Crippen LogP contribution in [0.4, 0.5) is 0 Å². The molecular formula is C20H21ClN2O2S. The van der Waals surface area contributed by atoms with E-state index in [1.165, 1.54) is 16.6 Å². The predicted molar refractivity (Wildman–Crippen MR) is 105 cm³/mol. The van der Waals surface area contributed by atoms with Gasteiger partial charge in [-0.05, 0) is 55.5 Å². The number of fused-ring (bicyclic) bond motifs is 1. The van der Waals surface area contributed by atoms with Crippen molar-refractivity contribution < 1.29 is 8.42 Å². The zero-order valence-corrected chi connectivity index (χ0v) is 16.1. The van der Waals surface area contributed by atoms with Gasteiger partial charge < -0.3 is 4.98 Å². The lowest BCUT2D eigenvalue weighted by Crippen LogP contribution is -2.38. The van der Waals surface area contributed by atoms with Gasteiger partial charge in [-0.3, -0.25) is 0 Å². The maximum absolute atomic E-state index is 12.9. The van der Waals surface area contributed by atoms with Crippen LogP contribution in [0.2, 0.25) is 5.02 Å². The van der Waals surface area contributed by atoms with Crippen LogP contribution in [0.25, 0.3) is 10.9 Å². The van der Waals surface area contributed by atoms with E-state index in [0.717, 1.165) is 18.4 Å². The monoisotopic (exact) mass is 388 g/mol. The van der Waals surface area contributed by atoms with Gasteiger partial charge in [0.05, 0.1) is 5.02 Å². The molecule has 0 unspecified atom stereocenters. The number of piperidine rings is 1. The van der Waals surface area contributed by atoms with Crippen LogP contribution in [-0.4, -0.2) is 30.8 Å². The first-order chi connectivity index (χ1) is 12.4. The van der Waals surface area contributed by atoms with Gasteiger partial charge >= 0.3 is 0 Å². The lowest BCUT2D eigenvalue weighted by Gasteiger charge is -2.31. The normalized spacial score (nSPS) is 17.0. The molecule has 2 aromatic carbocycles. The van der Waals surface area contributed by atoms with Crippen molar-refractivity contribution >= 4 is 32.5 Å². The van der Waals surface area contributed by atoms with Crippen LogP contribution >= 0.6 is 11.6 Å². The Morgan fingerprint density at radius 3 is 2.54 bits per heavy atom. The molecule has 1 aliphatic heterocycles. The number of H-pyrrole nitrogens is 1. The molecule has 4 nitrogen and oxygen atoms in total. The number of nitrogens with one attached hydrogen (secondary N) is 1. The van der Waals surface area contributed by atoms with Crippen molar-refractivity contribution in [3.63, 3.8) is 0 Å². The molecular weight excluding hydrogens is 368 g/mol. The Morgan fingerprint density at radius 1 is 1.08 bits per heavy atom. The molecule has 1 N–H and O–H groups in total. The number of sulfonamides is 1. The van der Waals surface area contributed by atoms with E-state index in [-0.39, 0.29) is 9.92 Å². The molecule has 136 valence electrons. The molecule has 1 fully saturated rings. The van der Waals surface area contributed by atoms with Crippen molar-refractivity contribution in [2.45, 2.75) is 30.6 Å². The van der Waals surface area contributed by atoms with Gasteiger partial charge in [-0.15, -0.1) is 0 Å². The summed E-state index contributed by atoms with van der Waals surface area (Å²) in [5, 5.41) is 1.49. The van der Waals surface area contributed by atoms with Gasteiger partial charge in [-0.1, -0.05) is 35.4 Å². The van der Waals surface area contributed by atoms with Gasteiger partial charge in [0.15, 0.2) is 0 Å². The second kappa shape index (κ2) is 6.72. The van der Waals surface area contributed by atoms with Gasteiger partial charge in [0.2, 0.25) is 10.0 Å². The van der Waals surface area contributed by atoms with E-state index >= 15 is 0 Å². The van der Waals surface area contributed by atoms with E-state index in [2.05, 4.69) is 36.2 Å². The Kier molecular flexibility index (Phi) is 4.55. The van der Waals surface area contributed by atoms with Crippen LogP contribution in [0, 0.1) is 6.92 Å². The summed E-state index contributed by atoms with van der Waals surface area (Å²) in [6, 6.07) is 15.2. The lowest BCUT2D eigenvalue weighted by atomic mass is 9.95. The third-order valence-electron chi connectivity index (χ3n) is 5.15. The smallest absolute Gasteiger partial charge is 0.244 e. The first-order valence-electron chi connectivity index (χ1n) is 8.79. The van der Waals surface area contributed by atoms with Crippen molar-refractivity contribution in [1.29, 1.82) is 0 Å². The van der Waals surface area contributed by atoms with Crippen LogP contribution in [0.15, 0.2) is 53.4 Å². The number of aryl methyl sites for hydroxylation is 1. The summed E-state index contributed by atoms with van der Waals surface area (Å²) in [5.41, 5.74) is 3.57. The molecule has 0 atom stereocenters. The minimum atomic E-state index is -3.54. The molecule has 3 aromatic rings. The van der Waals surface area contributed by atoms with Gasteiger partial charge in [0.25, 0.3) is 0 Å². The van der Waals surface area contributed by atoms with E-state index in [0.29, 0.717) is 19.0 Å². The maximum atomic E-state index is 12.9. The largest absolute Gasteiger partial charge is 0.358 e. The number of benzene rings is 2. The highest BCUT2D eigenvalue weighted by atomic mass is 35.5. The number of hydrogen-bond acceptors (Lipinski definition) is 2. The Morgan fingerprint density at radius 2 is 1.81 bits per heavy atom. The number of aromatic nitrogens is 1. The maximum Gasteiger partial charge on any atom is 0.244 e. The molecule has 1 saturated heterocycles. The Balaban J connectivity index is 1.52. The van der Waals surface area contributed by atoms with Gasteiger partial charge in [-0.2, -0.15) is 4.31 Å². The molecule has 0 aliphatic carbocycles. The summed E-state index contributed by atoms with van der Waals surface area (Å²) in [7, 11) is -3.54. The van der Waals surface area contributed by atoms with Crippen molar-refractivity contribution in [1.82, 2.24) is 9.29 Å². The van der Waals surface area contributed by atoms with E-state index in [1.54, 1.807) is 28.6 Å². The van der Waals surface area contributed by atoms with Crippen LogP contribution in [-0.2, 0) is 10.0 Å². The summed E-state index contributed by atoms with van der Waals surface area (Å²) in [5.74, 6) is 0.348. The van der Waals surface area contributed by atoms with E-state index < -0.39 is 10.0 Å². The fraction of sp³-hybridized carbons (Fsp3) is 0.300. The molecule has 2 heterocycles. The number of aromatic amines is 1. The van der Waals surface area contributed by atoms with Crippen LogP contribution in [0.3, 0.4) is 0 Å². The Hall–Kier alpha value is -1.82. The average molecular weight is 389 g/mol. The Labute approximate surface area is 158 Å². The summed E-state index contributed by atoms with van der Waals surface area (Å²) >= 11 is 6.10. The van der Waals surface area contributed by atoms with Crippen LogP contribution in [0.5, 0.6) is 0 Å². The van der Waals surface area contributed by atoms with Crippen molar-refractivity contribution in [2.75, 3.05) is 13.1 Å². The number of nitrogens with zero attached hydrogens (tertiary/aromatic N) is 1. The van der Waals surface area contributed by atoms with E-state index in [4.69, 9.17) is 11.6 Å². The van der Waals surface area contributed by atoms with Gasteiger partial charge in [0.1, 0.15) is 4.90 Å². The molecule has 0 bridgehead atoms. The first kappa shape index (κ1) is 17.6. The van der Waals surface area contributed by atoms with E-state index in [1.807, 2.05) is 0 Å². The lowest BCUT2D eigenvalue weighted by molar-refractivity contribution is 0.317. The van der Waals surface area contributed by atoms with Crippen LogP contribution in [0.1, 0.15) is 30.0 Å². The van der Waals surface area contributed by atoms with Gasteiger partial charge in [0, 0.05) is 30.2 Å². The molecule has 0 saturated carbocycles. The highest BCUT2D eigenvalue weighted by molar-refractivity contribution is 7.89. The molecule has 26 heavy (non-hydrogen) atoms. The topological polar surface area (TPSA) is 53.2 Å². The fourth-order valence-corrected chi connectivity index (χ4v) is 5.66. The second-order valence-electron chi connectivity index (χ2n) is 6.92. The summed E-state index contributed by atoms with van der Waals surface area (Å²) < 4.78 is 27.3. The first-order valence-corrected chi connectivity index (χ1v) is 10.6. The minimum absolute atomic E-state index is 0.196. The zero-order chi connectivity index (χ0) is 18.3. The fourth-order valence-electron chi connectivity index (χ4n) is 3.69. The van der Waals surface area contributed by atoms with Gasteiger partial charge in [-0.25, -0.2) is 8.42 Å².